The lowest BCUT2D eigenvalue weighted by atomic mass is 9.95. The molecule has 1 aliphatic carbocycles. The van der Waals surface area contributed by atoms with E-state index >= 15 is 0 Å². The molecule has 0 aliphatic heterocycles. The fourth-order valence-corrected chi connectivity index (χ4v) is 6.64. The number of sulfonamides is 1. The molecule has 224 valence electrons. The third-order valence-corrected chi connectivity index (χ3v) is 8.99. The summed E-state index contributed by atoms with van der Waals surface area (Å²) in [4.78, 5) is 38.9. The largest absolute Gasteiger partial charge is 0.462 e. The Bertz CT molecular complexity index is 1600. The molecule has 0 unspecified atom stereocenters. The van der Waals surface area contributed by atoms with Gasteiger partial charge in [0.1, 0.15) is 5.00 Å². The number of ether oxygens (including phenoxy) is 2. The van der Waals surface area contributed by atoms with E-state index in [0.717, 1.165) is 66.1 Å². The van der Waals surface area contributed by atoms with Crippen molar-refractivity contribution in [3.63, 3.8) is 0 Å². The van der Waals surface area contributed by atoms with Gasteiger partial charge in [0.25, 0.3) is 15.9 Å². The first-order chi connectivity index (χ1) is 19.8. The Morgan fingerprint density at radius 1 is 1.02 bits per heavy atom. The summed E-state index contributed by atoms with van der Waals surface area (Å²) in [7, 11) is -4.28. The molecular weight excluding hydrogens is 597 g/mol. The lowest BCUT2D eigenvalue weighted by molar-refractivity contribution is -0.137. The normalized spacial score (nSPS) is 13.9. The Kier molecular flexibility index (Phi) is 9.26. The van der Waals surface area contributed by atoms with E-state index in [0.29, 0.717) is 23.1 Å². The van der Waals surface area contributed by atoms with E-state index in [2.05, 4.69) is 10.0 Å². The summed E-state index contributed by atoms with van der Waals surface area (Å²) in [5.74, 6) is -2.12. The van der Waals surface area contributed by atoms with E-state index in [1.807, 2.05) is 0 Å². The van der Waals surface area contributed by atoms with Crippen molar-refractivity contribution in [3.8, 4) is 0 Å². The van der Waals surface area contributed by atoms with Gasteiger partial charge in [-0.1, -0.05) is 6.07 Å². The first kappa shape index (κ1) is 31.0. The summed E-state index contributed by atoms with van der Waals surface area (Å²) < 4.78 is 76.7. The number of carbonyl (C=O) groups excluding carboxylic acids is 3. The quantitative estimate of drug-likeness (QED) is 0.288. The number of carbonyl (C=O) groups is 3. The lowest BCUT2D eigenvalue weighted by Gasteiger charge is -2.15. The van der Waals surface area contributed by atoms with Crippen molar-refractivity contribution in [1.82, 2.24) is 0 Å². The standard InChI is InChI=1S/C28H27F3N2O7S2/c1-3-39-27(36)23-21-9-4-5-10-22(21)41-25(23)32-24(34)16(2)40-26(35)17-11-13-20(14-12-17)42(37,38)33-19-8-6-7-18(15-19)28(29,30)31/h6-8,11-16,33H,3-5,9-10H2,1-2H3,(H,32,34)/t16-/m0/s1. The maximum absolute atomic E-state index is 13.0. The molecule has 14 heteroatoms. The molecule has 1 atom stereocenters. The second-order valence-electron chi connectivity index (χ2n) is 9.38. The second kappa shape index (κ2) is 12.5. The van der Waals surface area contributed by atoms with Crippen LogP contribution in [0.2, 0.25) is 0 Å². The van der Waals surface area contributed by atoms with Crippen molar-refractivity contribution in [3.05, 3.63) is 75.7 Å². The summed E-state index contributed by atoms with van der Waals surface area (Å²) in [5.41, 5.74) is -0.187. The van der Waals surface area contributed by atoms with Crippen molar-refractivity contribution in [1.29, 1.82) is 0 Å². The van der Waals surface area contributed by atoms with Gasteiger partial charge >= 0.3 is 18.1 Å². The molecule has 3 aromatic rings. The molecular formula is C28H27F3N2O7S2. The van der Waals surface area contributed by atoms with E-state index in [1.165, 1.54) is 24.3 Å². The van der Waals surface area contributed by atoms with Gasteiger partial charge in [0, 0.05) is 10.6 Å². The van der Waals surface area contributed by atoms with Crippen LogP contribution in [-0.2, 0) is 43.3 Å². The fraction of sp³-hybridized carbons (Fsp3) is 0.321. The number of thiophene rings is 1. The number of nitrogens with one attached hydrogen (secondary N) is 2. The molecule has 2 N–H and O–H groups in total. The van der Waals surface area contributed by atoms with Gasteiger partial charge in [-0.2, -0.15) is 13.2 Å². The molecule has 0 spiro atoms. The lowest BCUT2D eigenvalue weighted by Crippen LogP contribution is -2.30. The first-order valence-corrected chi connectivity index (χ1v) is 15.2. The number of alkyl halides is 3. The topological polar surface area (TPSA) is 128 Å². The molecule has 0 radical (unpaired) electrons. The second-order valence-corrected chi connectivity index (χ2v) is 12.2. The molecule has 0 saturated carbocycles. The predicted octanol–water partition coefficient (Wildman–Crippen LogP) is 5.81. The Labute approximate surface area is 244 Å². The highest BCUT2D eigenvalue weighted by Gasteiger charge is 2.31. The van der Waals surface area contributed by atoms with Gasteiger partial charge < -0.3 is 14.8 Å². The van der Waals surface area contributed by atoms with Crippen molar-refractivity contribution < 1.29 is 45.4 Å². The van der Waals surface area contributed by atoms with Crippen molar-refractivity contribution >= 4 is 49.9 Å². The molecule has 0 fully saturated rings. The molecule has 0 bridgehead atoms. The van der Waals surface area contributed by atoms with Crippen LogP contribution in [0.25, 0.3) is 0 Å². The number of benzene rings is 2. The minimum Gasteiger partial charge on any atom is -0.462 e. The van der Waals surface area contributed by atoms with Crippen molar-refractivity contribution in [2.24, 2.45) is 0 Å². The van der Waals surface area contributed by atoms with Gasteiger partial charge in [0.2, 0.25) is 0 Å². The molecule has 1 aliphatic rings. The van der Waals surface area contributed by atoms with Crippen LogP contribution in [0.4, 0.5) is 23.9 Å². The number of hydrogen-bond acceptors (Lipinski definition) is 8. The fourth-order valence-electron chi connectivity index (χ4n) is 4.31. The average Bonchev–Trinajstić information content (AvgIpc) is 3.30. The number of hydrogen-bond donors (Lipinski definition) is 2. The van der Waals surface area contributed by atoms with Crippen LogP contribution in [0.15, 0.2) is 53.4 Å². The van der Waals surface area contributed by atoms with Crippen molar-refractivity contribution in [2.45, 2.75) is 56.7 Å². The summed E-state index contributed by atoms with van der Waals surface area (Å²) >= 11 is 1.29. The zero-order valence-electron chi connectivity index (χ0n) is 22.5. The number of anilines is 2. The number of aryl methyl sites for hydroxylation is 1. The van der Waals surface area contributed by atoms with Gasteiger partial charge in [0.15, 0.2) is 6.10 Å². The van der Waals surface area contributed by atoms with Crippen LogP contribution in [-0.4, -0.2) is 39.0 Å². The first-order valence-electron chi connectivity index (χ1n) is 12.9. The van der Waals surface area contributed by atoms with Crippen LogP contribution in [0.3, 0.4) is 0 Å². The van der Waals surface area contributed by atoms with Gasteiger partial charge in [-0.3, -0.25) is 9.52 Å². The van der Waals surface area contributed by atoms with Crippen molar-refractivity contribution in [2.75, 3.05) is 16.6 Å². The summed E-state index contributed by atoms with van der Waals surface area (Å²) in [6.07, 6.45) is -2.55. The molecule has 1 heterocycles. The van der Waals surface area contributed by atoms with Crippen LogP contribution >= 0.6 is 11.3 Å². The number of esters is 2. The molecule has 1 amide bonds. The van der Waals surface area contributed by atoms with Gasteiger partial charge in [-0.05, 0) is 87.6 Å². The van der Waals surface area contributed by atoms with E-state index in [9.17, 15) is 36.0 Å². The van der Waals surface area contributed by atoms with Gasteiger partial charge in [-0.15, -0.1) is 11.3 Å². The van der Waals surface area contributed by atoms with E-state index < -0.39 is 45.7 Å². The number of halogens is 3. The summed E-state index contributed by atoms with van der Waals surface area (Å²) in [5, 5.41) is 3.00. The van der Waals surface area contributed by atoms with E-state index in [1.54, 1.807) is 6.92 Å². The number of amides is 1. The predicted molar refractivity (Wildman–Crippen MR) is 149 cm³/mol. The number of fused-ring (bicyclic) bond motifs is 1. The highest BCUT2D eigenvalue weighted by molar-refractivity contribution is 7.92. The minimum atomic E-state index is -4.65. The zero-order chi connectivity index (χ0) is 30.7. The number of rotatable bonds is 9. The van der Waals surface area contributed by atoms with Gasteiger partial charge in [-0.25, -0.2) is 18.0 Å². The molecule has 2 aromatic carbocycles. The third kappa shape index (κ3) is 7.10. The Hall–Kier alpha value is -3.91. The van der Waals surface area contributed by atoms with Crippen LogP contribution in [0, 0.1) is 0 Å². The highest BCUT2D eigenvalue weighted by Crippen LogP contribution is 2.39. The zero-order valence-corrected chi connectivity index (χ0v) is 24.2. The Morgan fingerprint density at radius 2 is 1.71 bits per heavy atom. The van der Waals surface area contributed by atoms with E-state index in [-0.39, 0.29) is 22.8 Å². The maximum Gasteiger partial charge on any atom is 0.416 e. The highest BCUT2D eigenvalue weighted by atomic mass is 32.2. The van der Waals surface area contributed by atoms with Crippen LogP contribution in [0.1, 0.15) is 63.4 Å². The SMILES string of the molecule is CCOC(=O)c1c(NC(=O)[C@H](C)OC(=O)c2ccc(S(=O)(=O)Nc3cccc(C(F)(F)F)c3)cc2)sc2c1CCCC2. The average molecular weight is 625 g/mol. The maximum atomic E-state index is 13.0. The van der Waals surface area contributed by atoms with Crippen LogP contribution < -0.4 is 10.0 Å². The molecule has 9 nitrogen and oxygen atoms in total. The molecule has 1 aromatic heterocycles. The molecule has 42 heavy (non-hydrogen) atoms. The molecule has 4 rings (SSSR count). The Morgan fingerprint density at radius 3 is 2.38 bits per heavy atom. The van der Waals surface area contributed by atoms with Crippen LogP contribution in [0.5, 0.6) is 0 Å². The van der Waals surface area contributed by atoms with E-state index in [4.69, 9.17) is 9.47 Å². The minimum absolute atomic E-state index is 0.0635. The van der Waals surface area contributed by atoms with Gasteiger partial charge in [0.05, 0.1) is 28.2 Å². The monoisotopic (exact) mass is 624 g/mol. The Balaban J connectivity index is 1.42. The summed E-state index contributed by atoms with van der Waals surface area (Å²) in [6, 6.07) is 8.19. The third-order valence-electron chi connectivity index (χ3n) is 6.38. The summed E-state index contributed by atoms with van der Waals surface area (Å²) in [6.45, 7) is 3.21. The molecule has 0 saturated heterocycles. The smallest absolute Gasteiger partial charge is 0.416 e.